The molecule has 0 aromatic heterocycles. The number of nitrogens with one attached hydrogen (secondary N) is 1. The van der Waals surface area contributed by atoms with Gasteiger partial charge in [0.2, 0.25) is 6.79 Å². The van der Waals surface area contributed by atoms with Crippen LogP contribution < -0.4 is 14.8 Å². The first kappa shape index (κ1) is 15.6. The summed E-state index contributed by atoms with van der Waals surface area (Å²) in [5, 5.41) is 7.26. The maximum Gasteiger partial charge on any atom is 0.264 e. The van der Waals surface area contributed by atoms with Gasteiger partial charge in [-0.15, -0.1) is 0 Å². The zero-order valence-electron chi connectivity index (χ0n) is 12.9. The molecule has 1 aromatic carbocycles. The highest BCUT2D eigenvalue weighted by atomic mass is 32.1. The van der Waals surface area contributed by atoms with Crippen LogP contribution in [-0.2, 0) is 11.3 Å². The Morgan fingerprint density at radius 3 is 2.91 bits per heavy atom. The minimum atomic E-state index is -0.0442. The van der Waals surface area contributed by atoms with Crippen molar-refractivity contribution in [3.8, 4) is 11.5 Å². The van der Waals surface area contributed by atoms with Crippen molar-refractivity contribution in [3.05, 3.63) is 35.9 Å². The molecule has 0 bridgehead atoms. The molecule has 0 spiro atoms. The fraction of sp³-hybridized carbons (Fsp3) is 0.375. The molecule has 0 saturated carbocycles. The predicted octanol–water partition coefficient (Wildman–Crippen LogP) is 1.82. The smallest absolute Gasteiger partial charge is 0.264 e. The molecular weight excluding hydrogens is 314 g/mol. The van der Waals surface area contributed by atoms with Gasteiger partial charge in [0, 0.05) is 25.7 Å². The lowest BCUT2D eigenvalue weighted by molar-refractivity contribution is -0.133. The van der Waals surface area contributed by atoms with Crippen LogP contribution in [0, 0.1) is 0 Å². The second-order valence-electron chi connectivity index (χ2n) is 5.28. The Bertz CT molecular complexity index is 647. The average Bonchev–Trinajstić information content (AvgIpc) is 3.21. The number of carbonyl (C=O) groups excluding carboxylic acids is 1. The number of fused-ring (bicyclic) bond motifs is 1. The molecule has 0 unspecified atom stereocenters. The molecule has 7 heteroatoms. The number of rotatable bonds is 3. The number of hydrogen-bond acceptors (Lipinski definition) is 4. The van der Waals surface area contributed by atoms with E-state index in [1.165, 1.54) is 0 Å². The Labute approximate surface area is 140 Å². The van der Waals surface area contributed by atoms with Crippen LogP contribution in [0.15, 0.2) is 30.4 Å². The van der Waals surface area contributed by atoms with E-state index in [9.17, 15) is 4.79 Å². The van der Waals surface area contributed by atoms with Crippen LogP contribution in [0.5, 0.6) is 11.5 Å². The van der Waals surface area contributed by atoms with Gasteiger partial charge in [-0.1, -0.05) is 12.1 Å². The van der Waals surface area contributed by atoms with Crippen molar-refractivity contribution in [2.24, 2.45) is 0 Å². The lowest BCUT2D eigenvalue weighted by Gasteiger charge is -2.29. The first-order chi connectivity index (χ1) is 11.2. The number of benzene rings is 1. The fourth-order valence-corrected chi connectivity index (χ4v) is 2.86. The number of ether oxygens (including phenoxy) is 2. The Hall–Kier alpha value is -2.28. The van der Waals surface area contributed by atoms with Crippen molar-refractivity contribution < 1.29 is 14.3 Å². The summed E-state index contributed by atoms with van der Waals surface area (Å²) in [5.41, 5.74) is 1.04. The normalized spacial score (nSPS) is 16.2. The van der Waals surface area contributed by atoms with Crippen LogP contribution in [0.25, 0.3) is 0 Å². The quantitative estimate of drug-likeness (QED) is 0.673. The van der Waals surface area contributed by atoms with Gasteiger partial charge in [0.1, 0.15) is 0 Å². The monoisotopic (exact) mass is 333 g/mol. The first-order valence-electron chi connectivity index (χ1n) is 7.57. The summed E-state index contributed by atoms with van der Waals surface area (Å²) in [6, 6.07) is 5.79. The third-order valence-electron chi connectivity index (χ3n) is 3.71. The van der Waals surface area contributed by atoms with E-state index in [0.717, 1.165) is 30.0 Å². The lowest BCUT2D eigenvalue weighted by Crippen LogP contribution is -2.48. The van der Waals surface area contributed by atoms with E-state index in [4.69, 9.17) is 21.7 Å². The number of hydrazine groups is 1. The van der Waals surface area contributed by atoms with E-state index in [1.54, 1.807) is 17.2 Å². The van der Waals surface area contributed by atoms with Gasteiger partial charge < -0.3 is 14.8 Å². The third kappa shape index (κ3) is 3.39. The zero-order chi connectivity index (χ0) is 16.2. The van der Waals surface area contributed by atoms with E-state index in [-0.39, 0.29) is 12.7 Å². The van der Waals surface area contributed by atoms with Crippen molar-refractivity contribution in [2.45, 2.75) is 19.9 Å². The average molecular weight is 333 g/mol. The molecule has 1 aromatic rings. The highest BCUT2D eigenvalue weighted by molar-refractivity contribution is 7.80. The molecule has 0 atom stereocenters. The van der Waals surface area contributed by atoms with Gasteiger partial charge in [0.15, 0.2) is 16.6 Å². The van der Waals surface area contributed by atoms with E-state index in [2.05, 4.69) is 5.32 Å². The van der Waals surface area contributed by atoms with Crippen LogP contribution in [-0.4, -0.2) is 40.9 Å². The van der Waals surface area contributed by atoms with Crippen LogP contribution in [0.3, 0.4) is 0 Å². The molecule has 1 N–H and O–H groups in total. The molecule has 1 saturated heterocycles. The Morgan fingerprint density at radius 1 is 1.30 bits per heavy atom. The molecule has 1 fully saturated rings. The lowest BCUT2D eigenvalue weighted by atomic mass is 10.2. The number of hydrogen-bond donors (Lipinski definition) is 1. The Kier molecular flexibility index (Phi) is 4.66. The summed E-state index contributed by atoms with van der Waals surface area (Å²) < 4.78 is 10.7. The molecule has 1 amide bonds. The zero-order valence-corrected chi connectivity index (χ0v) is 13.8. The maximum atomic E-state index is 12.0. The maximum absolute atomic E-state index is 12.0. The third-order valence-corrected chi connectivity index (χ3v) is 4.07. The molecule has 3 rings (SSSR count). The second-order valence-corrected chi connectivity index (χ2v) is 5.67. The summed E-state index contributed by atoms with van der Waals surface area (Å²) in [6.45, 7) is 4.10. The van der Waals surface area contributed by atoms with Crippen LogP contribution in [0.2, 0.25) is 0 Å². The minimum Gasteiger partial charge on any atom is -0.454 e. The van der Waals surface area contributed by atoms with Gasteiger partial charge in [0.05, 0.1) is 0 Å². The molecule has 0 radical (unpaired) electrons. The van der Waals surface area contributed by atoms with Crippen molar-refractivity contribution in [2.75, 3.05) is 19.9 Å². The highest BCUT2D eigenvalue weighted by Crippen LogP contribution is 2.32. The summed E-state index contributed by atoms with van der Waals surface area (Å²) >= 11 is 5.43. The number of allylic oxidation sites excluding steroid dienone is 1. The standard InChI is InChI=1S/C16H19N3O3S/c1-2-4-15(20)18-7-3-8-19(18)16(23)17-10-12-5-6-13-14(9-12)22-11-21-13/h2,4-6,9H,3,7-8,10-11H2,1H3,(H,17,23). The number of carbonyl (C=O) groups is 1. The van der Waals surface area contributed by atoms with Gasteiger partial charge in [0.25, 0.3) is 5.91 Å². The van der Waals surface area contributed by atoms with E-state index < -0.39 is 0 Å². The molecule has 2 heterocycles. The van der Waals surface area contributed by atoms with Gasteiger partial charge in [-0.3, -0.25) is 9.80 Å². The van der Waals surface area contributed by atoms with Crippen molar-refractivity contribution in [1.82, 2.24) is 15.3 Å². The summed E-state index contributed by atoms with van der Waals surface area (Å²) in [4.78, 5) is 12.0. The van der Waals surface area contributed by atoms with Crippen LogP contribution >= 0.6 is 12.2 Å². The minimum absolute atomic E-state index is 0.0442. The summed E-state index contributed by atoms with van der Waals surface area (Å²) in [6.07, 6.45) is 4.20. The van der Waals surface area contributed by atoms with Gasteiger partial charge in [-0.05, 0) is 43.3 Å². The number of amides is 1. The summed E-state index contributed by atoms with van der Waals surface area (Å²) in [7, 11) is 0. The Morgan fingerprint density at radius 2 is 2.09 bits per heavy atom. The molecule has 2 aliphatic rings. The molecule has 0 aliphatic carbocycles. The first-order valence-corrected chi connectivity index (χ1v) is 7.98. The van der Waals surface area contributed by atoms with Crippen molar-refractivity contribution in [1.29, 1.82) is 0 Å². The number of nitrogens with zero attached hydrogens (tertiary/aromatic N) is 2. The van der Waals surface area contributed by atoms with Crippen LogP contribution in [0.4, 0.5) is 0 Å². The van der Waals surface area contributed by atoms with E-state index in [1.807, 2.05) is 30.1 Å². The molecule has 122 valence electrons. The van der Waals surface area contributed by atoms with E-state index >= 15 is 0 Å². The molecule has 23 heavy (non-hydrogen) atoms. The van der Waals surface area contributed by atoms with Gasteiger partial charge >= 0.3 is 0 Å². The number of thiocarbonyl (C=S) groups is 1. The fourth-order valence-electron chi connectivity index (χ4n) is 2.60. The SMILES string of the molecule is CC=CC(=O)N1CCCN1C(=S)NCc1ccc2c(c1)OCO2. The van der Waals surface area contributed by atoms with Gasteiger partial charge in [-0.2, -0.15) is 0 Å². The van der Waals surface area contributed by atoms with Crippen molar-refractivity contribution >= 4 is 23.2 Å². The highest BCUT2D eigenvalue weighted by Gasteiger charge is 2.27. The molecule has 2 aliphatic heterocycles. The van der Waals surface area contributed by atoms with E-state index in [0.29, 0.717) is 18.2 Å². The second kappa shape index (κ2) is 6.87. The van der Waals surface area contributed by atoms with Crippen molar-refractivity contribution in [3.63, 3.8) is 0 Å². The van der Waals surface area contributed by atoms with Crippen LogP contribution in [0.1, 0.15) is 18.9 Å². The summed E-state index contributed by atoms with van der Waals surface area (Å²) in [5.74, 6) is 1.47. The molecular formula is C16H19N3O3S. The Balaban J connectivity index is 1.59. The van der Waals surface area contributed by atoms with Gasteiger partial charge in [-0.25, -0.2) is 5.01 Å². The topological polar surface area (TPSA) is 54.0 Å². The predicted molar refractivity (Wildman–Crippen MR) is 89.9 cm³/mol. The molecule has 6 nitrogen and oxygen atoms in total. The largest absolute Gasteiger partial charge is 0.454 e.